The Balaban J connectivity index is 2.03. The SMILES string of the molecule is NS(=O)(=O)Nc1cccc(NCc2nccs2)c1. The highest BCUT2D eigenvalue weighted by molar-refractivity contribution is 7.90. The minimum atomic E-state index is -3.74. The number of rotatable bonds is 5. The zero-order chi connectivity index (χ0) is 13.0. The molecule has 0 atom stereocenters. The zero-order valence-corrected chi connectivity index (χ0v) is 11.0. The van der Waals surface area contributed by atoms with E-state index in [4.69, 9.17) is 5.14 Å². The molecule has 0 aliphatic heterocycles. The fourth-order valence-corrected chi connectivity index (χ4v) is 2.39. The van der Waals surface area contributed by atoms with E-state index in [9.17, 15) is 8.42 Å². The van der Waals surface area contributed by atoms with E-state index in [0.717, 1.165) is 10.7 Å². The number of anilines is 2. The summed E-state index contributed by atoms with van der Waals surface area (Å²) in [4.78, 5) is 4.14. The number of hydrogen-bond acceptors (Lipinski definition) is 5. The Kier molecular flexibility index (Phi) is 3.80. The van der Waals surface area contributed by atoms with Crippen molar-refractivity contribution in [3.63, 3.8) is 0 Å². The molecule has 2 aromatic rings. The Morgan fingerprint density at radius 1 is 1.33 bits per heavy atom. The molecule has 0 bridgehead atoms. The summed E-state index contributed by atoms with van der Waals surface area (Å²) >= 11 is 1.55. The molecule has 1 heterocycles. The van der Waals surface area contributed by atoms with E-state index in [2.05, 4.69) is 15.0 Å². The molecule has 6 nitrogen and oxygen atoms in total. The van der Waals surface area contributed by atoms with Crippen LogP contribution in [0.3, 0.4) is 0 Å². The van der Waals surface area contributed by atoms with Crippen LogP contribution in [0.2, 0.25) is 0 Å². The van der Waals surface area contributed by atoms with Gasteiger partial charge in [0.05, 0.1) is 12.2 Å². The van der Waals surface area contributed by atoms with Gasteiger partial charge in [0.2, 0.25) is 0 Å². The average Bonchev–Trinajstić information content (AvgIpc) is 2.77. The predicted molar refractivity (Wildman–Crippen MR) is 72.6 cm³/mol. The van der Waals surface area contributed by atoms with Crippen molar-refractivity contribution in [1.29, 1.82) is 0 Å². The first-order chi connectivity index (χ1) is 8.53. The third kappa shape index (κ3) is 3.99. The van der Waals surface area contributed by atoms with Crippen molar-refractivity contribution in [2.75, 3.05) is 10.0 Å². The second-order valence-corrected chi connectivity index (χ2v) is 5.78. The van der Waals surface area contributed by atoms with Crippen LogP contribution in [0, 0.1) is 0 Å². The van der Waals surface area contributed by atoms with Crippen molar-refractivity contribution in [1.82, 2.24) is 4.98 Å². The van der Waals surface area contributed by atoms with Gasteiger partial charge in [-0.3, -0.25) is 4.72 Å². The van der Waals surface area contributed by atoms with E-state index >= 15 is 0 Å². The lowest BCUT2D eigenvalue weighted by molar-refractivity contribution is 0.603. The third-order valence-electron chi connectivity index (χ3n) is 2.05. The van der Waals surface area contributed by atoms with Crippen LogP contribution < -0.4 is 15.2 Å². The number of nitrogens with two attached hydrogens (primary N) is 1. The van der Waals surface area contributed by atoms with Crippen molar-refractivity contribution < 1.29 is 8.42 Å². The zero-order valence-electron chi connectivity index (χ0n) is 9.33. The molecule has 0 unspecified atom stereocenters. The molecular formula is C10H12N4O2S2. The number of hydrogen-bond donors (Lipinski definition) is 3. The van der Waals surface area contributed by atoms with Gasteiger partial charge in [0.1, 0.15) is 5.01 Å². The van der Waals surface area contributed by atoms with Gasteiger partial charge >= 0.3 is 0 Å². The highest BCUT2D eigenvalue weighted by Gasteiger charge is 2.03. The van der Waals surface area contributed by atoms with Crippen LogP contribution >= 0.6 is 11.3 Å². The molecular weight excluding hydrogens is 272 g/mol. The first-order valence-corrected chi connectivity index (χ1v) is 7.48. The van der Waals surface area contributed by atoms with Crippen LogP contribution in [0.15, 0.2) is 35.8 Å². The molecule has 0 amide bonds. The average molecular weight is 284 g/mol. The van der Waals surface area contributed by atoms with Crippen LogP contribution in [0.1, 0.15) is 5.01 Å². The highest BCUT2D eigenvalue weighted by Crippen LogP contribution is 2.16. The lowest BCUT2D eigenvalue weighted by Crippen LogP contribution is -2.21. The topological polar surface area (TPSA) is 97.1 Å². The van der Waals surface area contributed by atoms with Gasteiger partial charge in [-0.2, -0.15) is 8.42 Å². The number of nitrogens with one attached hydrogen (secondary N) is 2. The van der Waals surface area contributed by atoms with E-state index in [0.29, 0.717) is 12.2 Å². The molecule has 0 aliphatic carbocycles. The normalized spacial score (nSPS) is 11.2. The predicted octanol–water partition coefficient (Wildman–Crippen LogP) is 1.37. The lowest BCUT2D eigenvalue weighted by Gasteiger charge is -2.07. The molecule has 2 rings (SSSR count). The first kappa shape index (κ1) is 12.8. The summed E-state index contributed by atoms with van der Waals surface area (Å²) in [7, 11) is -3.74. The van der Waals surface area contributed by atoms with Gasteiger partial charge in [-0.05, 0) is 18.2 Å². The molecule has 0 fully saturated rings. The molecule has 1 aromatic carbocycles. The van der Waals surface area contributed by atoms with Gasteiger partial charge in [0, 0.05) is 17.3 Å². The fourth-order valence-electron chi connectivity index (χ4n) is 1.37. The molecule has 0 radical (unpaired) electrons. The summed E-state index contributed by atoms with van der Waals surface area (Å²) in [5, 5.41) is 10.9. The summed E-state index contributed by atoms with van der Waals surface area (Å²) in [6.07, 6.45) is 1.74. The van der Waals surface area contributed by atoms with E-state index in [-0.39, 0.29) is 0 Å². The molecule has 4 N–H and O–H groups in total. The molecule has 8 heteroatoms. The first-order valence-electron chi connectivity index (χ1n) is 5.06. The Bertz CT molecular complexity index is 611. The minimum absolute atomic E-state index is 0.418. The minimum Gasteiger partial charge on any atom is -0.378 e. The standard InChI is InChI=1S/C10H12N4O2S2/c11-18(15,16)14-9-3-1-2-8(6-9)13-7-10-12-4-5-17-10/h1-6,13-14H,7H2,(H2,11,15,16). The largest absolute Gasteiger partial charge is 0.378 e. The fraction of sp³-hybridized carbons (Fsp3) is 0.100. The molecule has 0 saturated carbocycles. The summed E-state index contributed by atoms with van der Waals surface area (Å²) < 4.78 is 24.0. The lowest BCUT2D eigenvalue weighted by atomic mass is 10.3. The highest BCUT2D eigenvalue weighted by atomic mass is 32.2. The quantitative estimate of drug-likeness (QED) is 0.772. The van der Waals surface area contributed by atoms with Crippen molar-refractivity contribution in [3.05, 3.63) is 40.8 Å². The van der Waals surface area contributed by atoms with E-state index in [1.54, 1.807) is 35.7 Å². The summed E-state index contributed by atoms with van der Waals surface area (Å²) in [5.41, 5.74) is 1.21. The van der Waals surface area contributed by atoms with Gasteiger partial charge in [-0.1, -0.05) is 6.07 Å². The molecule has 96 valence electrons. The van der Waals surface area contributed by atoms with Crippen molar-refractivity contribution >= 4 is 32.9 Å². The van der Waals surface area contributed by atoms with E-state index < -0.39 is 10.2 Å². The molecule has 0 saturated heterocycles. The maximum Gasteiger partial charge on any atom is 0.296 e. The van der Waals surface area contributed by atoms with Crippen molar-refractivity contribution in [2.45, 2.75) is 6.54 Å². The van der Waals surface area contributed by atoms with E-state index in [1.165, 1.54) is 0 Å². The van der Waals surface area contributed by atoms with Gasteiger partial charge in [0.25, 0.3) is 10.2 Å². The van der Waals surface area contributed by atoms with Gasteiger partial charge in [-0.25, -0.2) is 10.1 Å². The monoisotopic (exact) mass is 284 g/mol. The van der Waals surface area contributed by atoms with Gasteiger partial charge in [-0.15, -0.1) is 11.3 Å². The van der Waals surface area contributed by atoms with Crippen molar-refractivity contribution in [3.8, 4) is 0 Å². The van der Waals surface area contributed by atoms with Crippen LogP contribution in [-0.4, -0.2) is 13.4 Å². The Morgan fingerprint density at radius 2 is 2.11 bits per heavy atom. The van der Waals surface area contributed by atoms with Crippen molar-refractivity contribution in [2.24, 2.45) is 5.14 Å². The second-order valence-electron chi connectivity index (χ2n) is 3.51. The number of aromatic nitrogens is 1. The molecule has 18 heavy (non-hydrogen) atoms. The maximum absolute atomic E-state index is 10.9. The van der Waals surface area contributed by atoms with E-state index in [1.807, 2.05) is 11.4 Å². The Hall–Kier alpha value is -1.64. The van der Waals surface area contributed by atoms with Gasteiger partial charge in [0.15, 0.2) is 0 Å². The third-order valence-corrected chi connectivity index (χ3v) is 3.35. The van der Waals surface area contributed by atoms with Crippen LogP contribution in [0.5, 0.6) is 0 Å². The van der Waals surface area contributed by atoms with Crippen LogP contribution in [0.4, 0.5) is 11.4 Å². The molecule has 0 aliphatic rings. The number of thiazole rings is 1. The Morgan fingerprint density at radius 3 is 2.78 bits per heavy atom. The number of nitrogens with zero attached hydrogens (tertiary/aromatic N) is 1. The van der Waals surface area contributed by atoms with Crippen LogP contribution in [-0.2, 0) is 16.8 Å². The summed E-state index contributed by atoms with van der Waals surface area (Å²) in [5.74, 6) is 0. The molecule has 1 aromatic heterocycles. The smallest absolute Gasteiger partial charge is 0.296 e. The Labute approximate surface area is 109 Å². The van der Waals surface area contributed by atoms with Gasteiger partial charge < -0.3 is 5.32 Å². The summed E-state index contributed by atoms with van der Waals surface area (Å²) in [6, 6.07) is 6.86. The maximum atomic E-state index is 10.9. The molecule has 0 spiro atoms. The second kappa shape index (κ2) is 5.34. The number of benzene rings is 1. The summed E-state index contributed by atoms with van der Waals surface area (Å²) in [6.45, 7) is 0.594. The van der Waals surface area contributed by atoms with Crippen LogP contribution in [0.25, 0.3) is 0 Å².